The summed E-state index contributed by atoms with van der Waals surface area (Å²) in [6.07, 6.45) is 6.53. The normalized spacial score (nSPS) is 23.3. The van der Waals surface area contributed by atoms with Gasteiger partial charge in [0.25, 0.3) is 0 Å². The molecule has 0 radical (unpaired) electrons. The standard InChI is InChI=1S/C15H25N3S/c1-4-8-16-14-10-15(18-12(3)17-14)19-13-7-5-6-11(2)9-13/h10-11,13H,4-9H2,1-3H3,(H,16,17,18). The molecule has 0 aliphatic heterocycles. The average molecular weight is 279 g/mol. The van der Waals surface area contributed by atoms with Gasteiger partial charge in [-0.15, -0.1) is 11.8 Å². The third-order valence-corrected chi connectivity index (χ3v) is 4.76. The van der Waals surface area contributed by atoms with E-state index in [-0.39, 0.29) is 0 Å². The van der Waals surface area contributed by atoms with Gasteiger partial charge in [-0.25, -0.2) is 9.97 Å². The molecule has 106 valence electrons. The maximum Gasteiger partial charge on any atom is 0.130 e. The highest BCUT2D eigenvalue weighted by Crippen LogP contribution is 2.35. The molecule has 1 aliphatic rings. The van der Waals surface area contributed by atoms with E-state index < -0.39 is 0 Å². The van der Waals surface area contributed by atoms with Gasteiger partial charge in [0.15, 0.2) is 0 Å². The number of aryl methyl sites for hydroxylation is 1. The van der Waals surface area contributed by atoms with Crippen molar-refractivity contribution in [3.8, 4) is 0 Å². The Hall–Kier alpha value is -0.770. The summed E-state index contributed by atoms with van der Waals surface area (Å²) >= 11 is 1.94. The van der Waals surface area contributed by atoms with Gasteiger partial charge in [0.1, 0.15) is 16.7 Å². The molecule has 1 aliphatic carbocycles. The summed E-state index contributed by atoms with van der Waals surface area (Å²) in [5.41, 5.74) is 0. The summed E-state index contributed by atoms with van der Waals surface area (Å²) in [7, 11) is 0. The highest BCUT2D eigenvalue weighted by molar-refractivity contribution is 7.99. The summed E-state index contributed by atoms with van der Waals surface area (Å²) in [6, 6.07) is 2.10. The van der Waals surface area contributed by atoms with Crippen LogP contribution in [0.3, 0.4) is 0 Å². The Balaban J connectivity index is 2.00. The molecular formula is C15H25N3S. The smallest absolute Gasteiger partial charge is 0.130 e. The van der Waals surface area contributed by atoms with Crippen molar-refractivity contribution in [1.82, 2.24) is 9.97 Å². The van der Waals surface area contributed by atoms with Crippen LogP contribution in [0, 0.1) is 12.8 Å². The number of nitrogens with one attached hydrogen (secondary N) is 1. The summed E-state index contributed by atoms with van der Waals surface area (Å²) < 4.78 is 0. The minimum absolute atomic E-state index is 0.733. The fourth-order valence-corrected chi connectivity index (χ4v) is 4.02. The van der Waals surface area contributed by atoms with E-state index in [9.17, 15) is 0 Å². The molecule has 1 fully saturated rings. The fraction of sp³-hybridized carbons (Fsp3) is 0.733. The van der Waals surface area contributed by atoms with E-state index in [1.165, 1.54) is 25.7 Å². The van der Waals surface area contributed by atoms with Gasteiger partial charge in [0.2, 0.25) is 0 Å². The van der Waals surface area contributed by atoms with Gasteiger partial charge in [-0.3, -0.25) is 0 Å². The number of rotatable bonds is 5. The molecular weight excluding hydrogens is 254 g/mol. The fourth-order valence-electron chi connectivity index (χ4n) is 2.60. The summed E-state index contributed by atoms with van der Waals surface area (Å²) in [4.78, 5) is 9.02. The first-order valence-corrected chi connectivity index (χ1v) is 8.31. The molecule has 1 N–H and O–H groups in total. The van der Waals surface area contributed by atoms with E-state index in [0.717, 1.165) is 40.8 Å². The molecule has 0 saturated heterocycles. The van der Waals surface area contributed by atoms with Crippen LogP contribution in [0.5, 0.6) is 0 Å². The lowest BCUT2D eigenvalue weighted by Gasteiger charge is -2.25. The molecule has 0 bridgehead atoms. The Morgan fingerprint density at radius 1 is 1.37 bits per heavy atom. The SMILES string of the molecule is CCCNc1cc(SC2CCCC(C)C2)nc(C)n1. The maximum atomic E-state index is 4.57. The first-order chi connectivity index (χ1) is 9.17. The molecule has 2 rings (SSSR count). The average Bonchev–Trinajstić information content (AvgIpc) is 2.35. The van der Waals surface area contributed by atoms with E-state index in [4.69, 9.17) is 0 Å². The van der Waals surface area contributed by atoms with Crippen molar-refractivity contribution in [1.29, 1.82) is 0 Å². The summed E-state index contributed by atoms with van der Waals surface area (Å²) in [6.45, 7) is 7.48. The van der Waals surface area contributed by atoms with Crippen LogP contribution >= 0.6 is 11.8 Å². The van der Waals surface area contributed by atoms with Crippen LogP contribution in [-0.2, 0) is 0 Å². The molecule has 2 atom stereocenters. The number of anilines is 1. The predicted molar refractivity (Wildman–Crippen MR) is 82.8 cm³/mol. The first-order valence-electron chi connectivity index (χ1n) is 7.43. The zero-order valence-corrected chi connectivity index (χ0v) is 13.1. The van der Waals surface area contributed by atoms with Crippen molar-refractivity contribution in [2.45, 2.75) is 63.2 Å². The van der Waals surface area contributed by atoms with E-state index >= 15 is 0 Å². The molecule has 1 saturated carbocycles. The number of aromatic nitrogens is 2. The molecule has 1 heterocycles. The van der Waals surface area contributed by atoms with Crippen molar-refractivity contribution < 1.29 is 0 Å². The topological polar surface area (TPSA) is 37.8 Å². The van der Waals surface area contributed by atoms with Crippen molar-refractivity contribution in [3.05, 3.63) is 11.9 Å². The van der Waals surface area contributed by atoms with E-state index in [2.05, 4.69) is 35.2 Å². The molecule has 0 amide bonds. The number of hydrogen-bond acceptors (Lipinski definition) is 4. The van der Waals surface area contributed by atoms with Gasteiger partial charge >= 0.3 is 0 Å². The van der Waals surface area contributed by atoms with Crippen LogP contribution < -0.4 is 5.32 Å². The second-order valence-corrected chi connectivity index (χ2v) is 6.90. The molecule has 1 aromatic heterocycles. The Morgan fingerprint density at radius 2 is 2.21 bits per heavy atom. The van der Waals surface area contributed by atoms with Crippen LogP contribution in [0.15, 0.2) is 11.1 Å². The van der Waals surface area contributed by atoms with Crippen LogP contribution in [0.4, 0.5) is 5.82 Å². The van der Waals surface area contributed by atoms with E-state index in [0.29, 0.717) is 0 Å². The molecule has 2 unspecified atom stereocenters. The Bertz CT molecular complexity index is 408. The van der Waals surface area contributed by atoms with E-state index in [1.807, 2.05) is 18.7 Å². The zero-order chi connectivity index (χ0) is 13.7. The Morgan fingerprint density at radius 3 is 2.95 bits per heavy atom. The Labute approximate surface area is 121 Å². The van der Waals surface area contributed by atoms with Crippen LogP contribution in [0.1, 0.15) is 51.8 Å². The number of nitrogens with zero attached hydrogens (tertiary/aromatic N) is 2. The highest BCUT2D eigenvalue weighted by atomic mass is 32.2. The van der Waals surface area contributed by atoms with Gasteiger partial charge in [0.05, 0.1) is 0 Å². The van der Waals surface area contributed by atoms with Gasteiger partial charge in [-0.1, -0.05) is 26.7 Å². The zero-order valence-electron chi connectivity index (χ0n) is 12.3. The first kappa shape index (κ1) is 14.6. The molecule has 3 nitrogen and oxygen atoms in total. The third-order valence-electron chi connectivity index (χ3n) is 3.55. The van der Waals surface area contributed by atoms with Crippen LogP contribution in [0.25, 0.3) is 0 Å². The second kappa shape index (κ2) is 7.13. The lowest BCUT2D eigenvalue weighted by molar-refractivity contribution is 0.394. The van der Waals surface area contributed by atoms with Gasteiger partial charge in [-0.2, -0.15) is 0 Å². The van der Waals surface area contributed by atoms with Crippen molar-refractivity contribution in [2.24, 2.45) is 5.92 Å². The Kier molecular flexibility index (Phi) is 5.49. The lowest BCUT2D eigenvalue weighted by Crippen LogP contribution is -2.15. The number of thioether (sulfide) groups is 1. The largest absolute Gasteiger partial charge is 0.370 e. The minimum atomic E-state index is 0.733. The van der Waals surface area contributed by atoms with Crippen LogP contribution in [-0.4, -0.2) is 21.8 Å². The summed E-state index contributed by atoms with van der Waals surface area (Å²) in [5, 5.41) is 5.22. The third kappa shape index (κ3) is 4.68. The molecule has 0 spiro atoms. The lowest BCUT2D eigenvalue weighted by atomic mass is 9.91. The van der Waals surface area contributed by atoms with Gasteiger partial charge in [0, 0.05) is 17.9 Å². The van der Waals surface area contributed by atoms with Crippen LogP contribution in [0.2, 0.25) is 0 Å². The second-order valence-electron chi connectivity index (χ2n) is 5.58. The molecule has 4 heteroatoms. The van der Waals surface area contributed by atoms with Crippen molar-refractivity contribution in [2.75, 3.05) is 11.9 Å². The highest BCUT2D eigenvalue weighted by Gasteiger charge is 2.20. The predicted octanol–water partition coefficient (Wildman–Crippen LogP) is 4.28. The van der Waals surface area contributed by atoms with Crippen molar-refractivity contribution in [3.63, 3.8) is 0 Å². The van der Waals surface area contributed by atoms with Crippen molar-refractivity contribution >= 4 is 17.6 Å². The monoisotopic (exact) mass is 279 g/mol. The minimum Gasteiger partial charge on any atom is -0.370 e. The quantitative estimate of drug-likeness (QED) is 0.816. The van der Waals surface area contributed by atoms with Gasteiger partial charge in [-0.05, 0) is 32.1 Å². The maximum absolute atomic E-state index is 4.57. The molecule has 1 aromatic rings. The molecule has 0 aromatic carbocycles. The van der Waals surface area contributed by atoms with Gasteiger partial charge < -0.3 is 5.32 Å². The number of hydrogen-bond donors (Lipinski definition) is 1. The molecule has 19 heavy (non-hydrogen) atoms. The summed E-state index contributed by atoms with van der Waals surface area (Å²) in [5.74, 6) is 2.71. The van der Waals surface area contributed by atoms with E-state index in [1.54, 1.807) is 0 Å².